The first-order valence-corrected chi connectivity index (χ1v) is 9.72. The van der Waals surface area contributed by atoms with Crippen LogP contribution in [0.5, 0.6) is 5.75 Å². The quantitative estimate of drug-likeness (QED) is 0.474. The Balaban J connectivity index is 1.46. The van der Waals surface area contributed by atoms with Gasteiger partial charge in [-0.2, -0.15) is 0 Å². The highest BCUT2D eigenvalue weighted by atomic mass is 127. The molecule has 1 aromatic heterocycles. The fraction of sp³-hybridized carbons (Fsp3) is 0.143. The normalized spacial score (nSPS) is 10.3. The van der Waals surface area contributed by atoms with E-state index in [2.05, 4.69) is 33.2 Å². The highest BCUT2D eigenvalue weighted by Crippen LogP contribution is 2.13. The van der Waals surface area contributed by atoms with Gasteiger partial charge < -0.3 is 19.8 Å². The molecule has 3 aromatic rings. The van der Waals surface area contributed by atoms with Gasteiger partial charge in [-0.25, -0.2) is 0 Å². The number of hydrogen-bond donors (Lipinski definition) is 2. The molecule has 3 rings (SSSR count). The summed E-state index contributed by atoms with van der Waals surface area (Å²) in [5, 5.41) is 5.58. The lowest BCUT2D eigenvalue weighted by Gasteiger charge is -2.09. The van der Waals surface area contributed by atoms with Gasteiger partial charge in [0.1, 0.15) is 11.5 Å². The third kappa shape index (κ3) is 6.12. The number of ether oxygens (including phenoxy) is 1. The van der Waals surface area contributed by atoms with Gasteiger partial charge in [0.15, 0.2) is 6.61 Å². The molecule has 0 saturated heterocycles. The Labute approximate surface area is 176 Å². The van der Waals surface area contributed by atoms with Crippen LogP contribution >= 0.6 is 22.6 Å². The Morgan fingerprint density at radius 1 is 0.964 bits per heavy atom. The molecule has 0 bridgehead atoms. The minimum atomic E-state index is -0.230. The van der Waals surface area contributed by atoms with Crippen molar-refractivity contribution in [1.82, 2.24) is 10.6 Å². The third-order valence-corrected chi connectivity index (χ3v) is 4.58. The molecule has 2 amide bonds. The van der Waals surface area contributed by atoms with Crippen molar-refractivity contribution in [3.05, 3.63) is 87.4 Å². The van der Waals surface area contributed by atoms with Crippen LogP contribution in [-0.2, 0) is 17.9 Å². The number of halogens is 1. The average Bonchev–Trinajstić information content (AvgIpc) is 3.24. The highest BCUT2D eigenvalue weighted by molar-refractivity contribution is 14.1. The summed E-state index contributed by atoms with van der Waals surface area (Å²) < 4.78 is 11.7. The van der Waals surface area contributed by atoms with Crippen molar-refractivity contribution >= 4 is 34.4 Å². The number of rotatable bonds is 8. The molecule has 144 valence electrons. The summed E-state index contributed by atoms with van der Waals surface area (Å²) >= 11 is 2.20. The lowest BCUT2D eigenvalue weighted by atomic mass is 10.1. The Bertz CT molecular complexity index is 924. The Morgan fingerprint density at radius 3 is 2.54 bits per heavy atom. The molecule has 1 heterocycles. The predicted molar refractivity (Wildman–Crippen MR) is 113 cm³/mol. The van der Waals surface area contributed by atoms with Crippen molar-refractivity contribution < 1.29 is 18.7 Å². The first-order chi connectivity index (χ1) is 13.6. The van der Waals surface area contributed by atoms with Gasteiger partial charge in [-0.3, -0.25) is 9.59 Å². The maximum atomic E-state index is 12.3. The zero-order valence-electron chi connectivity index (χ0n) is 15.0. The highest BCUT2D eigenvalue weighted by Gasteiger charge is 2.08. The molecule has 0 atom stereocenters. The van der Waals surface area contributed by atoms with Gasteiger partial charge >= 0.3 is 0 Å². The van der Waals surface area contributed by atoms with Crippen molar-refractivity contribution in [2.75, 3.05) is 6.61 Å². The van der Waals surface area contributed by atoms with E-state index in [1.165, 1.54) is 0 Å². The molecule has 7 heteroatoms. The number of hydrogen-bond acceptors (Lipinski definition) is 4. The maximum Gasteiger partial charge on any atom is 0.258 e. The van der Waals surface area contributed by atoms with E-state index in [0.29, 0.717) is 30.2 Å². The van der Waals surface area contributed by atoms with Crippen molar-refractivity contribution in [1.29, 1.82) is 0 Å². The molecular formula is C21H19IN2O4. The number of nitrogens with one attached hydrogen (secondary N) is 2. The fourth-order valence-electron chi connectivity index (χ4n) is 2.44. The van der Waals surface area contributed by atoms with E-state index in [9.17, 15) is 9.59 Å². The summed E-state index contributed by atoms with van der Waals surface area (Å²) in [4.78, 5) is 24.2. The van der Waals surface area contributed by atoms with E-state index in [0.717, 1.165) is 9.13 Å². The summed E-state index contributed by atoms with van der Waals surface area (Å²) in [6, 6.07) is 18.1. The fourth-order valence-corrected chi connectivity index (χ4v) is 2.80. The van der Waals surface area contributed by atoms with Crippen LogP contribution in [0.15, 0.2) is 71.3 Å². The first kappa shape index (κ1) is 19.9. The van der Waals surface area contributed by atoms with E-state index in [4.69, 9.17) is 9.15 Å². The second-order valence-corrected chi connectivity index (χ2v) is 7.23. The molecular weight excluding hydrogens is 471 g/mol. The van der Waals surface area contributed by atoms with Gasteiger partial charge in [0.2, 0.25) is 0 Å². The summed E-state index contributed by atoms with van der Waals surface area (Å²) in [6.45, 7) is 0.570. The minimum absolute atomic E-state index is 0.0656. The van der Waals surface area contributed by atoms with Crippen LogP contribution in [0, 0.1) is 3.57 Å². The molecule has 2 N–H and O–H groups in total. The number of furan rings is 1. The van der Waals surface area contributed by atoms with Crippen LogP contribution in [0.2, 0.25) is 0 Å². The summed E-state index contributed by atoms with van der Waals surface area (Å²) in [7, 11) is 0. The molecule has 0 radical (unpaired) electrons. The van der Waals surface area contributed by atoms with Crippen LogP contribution in [0.4, 0.5) is 0 Å². The van der Waals surface area contributed by atoms with E-state index in [1.807, 2.05) is 30.3 Å². The van der Waals surface area contributed by atoms with Gasteiger partial charge in [-0.1, -0.05) is 12.1 Å². The Hall–Kier alpha value is -2.81. The van der Waals surface area contributed by atoms with E-state index < -0.39 is 0 Å². The molecule has 0 unspecified atom stereocenters. The van der Waals surface area contributed by atoms with Gasteiger partial charge in [0.05, 0.1) is 12.8 Å². The Morgan fingerprint density at radius 2 is 1.79 bits per heavy atom. The first-order valence-electron chi connectivity index (χ1n) is 8.65. The van der Waals surface area contributed by atoms with Crippen molar-refractivity contribution in [3.8, 4) is 5.75 Å². The summed E-state index contributed by atoms with van der Waals surface area (Å²) in [6.07, 6.45) is 1.56. The minimum Gasteiger partial charge on any atom is -0.484 e. The standard InChI is InChI=1S/C21H19IN2O4/c22-17-6-8-18(9-7-17)28-14-20(25)23-12-15-3-1-4-16(11-15)21(26)24-13-19-5-2-10-27-19/h1-11H,12-14H2,(H,23,25)(H,24,26). The molecule has 0 aliphatic rings. The van der Waals surface area contributed by atoms with Crippen molar-refractivity contribution in [2.24, 2.45) is 0 Å². The molecule has 0 aliphatic heterocycles. The number of amides is 2. The van der Waals surface area contributed by atoms with Crippen LogP contribution < -0.4 is 15.4 Å². The lowest BCUT2D eigenvalue weighted by Crippen LogP contribution is -2.28. The number of carbonyl (C=O) groups is 2. The zero-order valence-corrected chi connectivity index (χ0v) is 17.1. The van der Waals surface area contributed by atoms with Crippen LogP contribution in [0.25, 0.3) is 0 Å². The topological polar surface area (TPSA) is 80.6 Å². The van der Waals surface area contributed by atoms with Gasteiger partial charge in [0, 0.05) is 15.7 Å². The number of carbonyl (C=O) groups excluding carboxylic acids is 2. The SMILES string of the molecule is O=C(COc1ccc(I)cc1)NCc1cccc(C(=O)NCc2ccco2)c1. The molecule has 0 fully saturated rings. The molecule has 2 aromatic carbocycles. The van der Waals surface area contributed by atoms with Crippen LogP contribution in [-0.4, -0.2) is 18.4 Å². The molecule has 0 aliphatic carbocycles. The zero-order chi connectivity index (χ0) is 19.8. The van der Waals surface area contributed by atoms with E-state index >= 15 is 0 Å². The molecule has 28 heavy (non-hydrogen) atoms. The second kappa shape index (κ2) is 9.93. The summed E-state index contributed by atoms with van der Waals surface area (Å²) in [5.41, 5.74) is 1.35. The van der Waals surface area contributed by atoms with Gasteiger partial charge in [0.25, 0.3) is 11.8 Å². The maximum absolute atomic E-state index is 12.3. The van der Waals surface area contributed by atoms with E-state index in [1.54, 1.807) is 36.6 Å². The van der Waals surface area contributed by atoms with E-state index in [-0.39, 0.29) is 18.4 Å². The molecule has 0 spiro atoms. The smallest absolute Gasteiger partial charge is 0.258 e. The average molecular weight is 490 g/mol. The largest absolute Gasteiger partial charge is 0.484 e. The predicted octanol–water partition coefficient (Wildman–Crippen LogP) is 3.51. The second-order valence-electron chi connectivity index (χ2n) is 5.98. The monoisotopic (exact) mass is 490 g/mol. The van der Waals surface area contributed by atoms with Crippen molar-refractivity contribution in [2.45, 2.75) is 13.1 Å². The Kier molecular flexibility index (Phi) is 7.07. The molecule has 0 saturated carbocycles. The number of benzene rings is 2. The van der Waals surface area contributed by atoms with Gasteiger partial charge in [-0.05, 0) is 76.7 Å². The third-order valence-electron chi connectivity index (χ3n) is 3.87. The molecule has 6 nitrogen and oxygen atoms in total. The van der Waals surface area contributed by atoms with Crippen molar-refractivity contribution in [3.63, 3.8) is 0 Å². The lowest BCUT2D eigenvalue weighted by molar-refractivity contribution is -0.123. The van der Waals surface area contributed by atoms with Crippen LogP contribution in [0.3, 0.4) is 0 Å². The van der Waals surface area contributed by atoms with Gasteiger partial charge in [-0.15, -0.1) is 0 Å². The summed E-state index contributed by atoms with van der Waals surface area (Å²) in [5.74, 6) is 0.897. The van der Waals surface area contributed by atoms with Crippen LogP contribution in [0.1, 0.15) is 21.7 Å².